The first-order valence-electron chi connectivity index (χ1n) is 6.93. The number of nitrogens with one attached hydrogen (secondary N) is 1. The second kappa shape index (κ2) is 7.32. The quantitative estimate of drug-likeness (QED) is 0.715. The molecule has 4 heteroatoms. The zero-order valence-corrected chi connectivity index (χ0v) is 15.7. The Morgan fingerprint density at radius 3 is 2.24 bits per heavy atom. The predicted octanol–water partition coefficient (Wildman–Crippen LogP) is 5.32. The van der Waals surface area contributed by atoms with E-state index in [-0.39, 0.29) is 0 Å². The van der Waals surface area contributed by atoms with Gasteiger partial charge in [0, 0.05) is 29.1 Å². The van der Waals surface area contributed by atoms with Crippen LogP contribution in [-0.2, 0) is 6.42 Å². The summed E-state index contributed by atoms with van der Waals surface area (Å²) in [6.07, 6.45) is 0.993. The van der Waals surface area contributed by atoms with E-state index < -0.39 is 0 Å². The van der Waals surface area contributed by atoms with Gasteiger partial charge < -0.3 is 10.2 Å². The summed E-state index contributed by atoms with van der Waals surface area (Å²) >= 11 is 7.02. The molecule has 1 N–H and O–H groups in total. The minimum atomic E-state index is 0.360. The smallest absolute Gasteiger partial charge is 0.0597 e. The molecule has 2 nitrogen and oxygen atoms in total. The van der Waals surface area contributed by atoms with Gasteiger partial charge in [-0.3, -0.25) is 0 Å². The van der Waals surface area contributed by atoms with Gasteiger partial charge in [0.25, 0.3) is 0 Å². The van der Waals surface area contributed by atoms with Gasteiger partial charge in [-0.25, -0.2) is 0 Å². The van der Waals surface area contributed by atoms with Gasteiger partial charge in [-0.2, -0.15) is 0 Å². The number of rotatable bonds is 5. The van der Waals surface area contributed by atoms with E-state index in [0.717, 1.165) is 21.1 Å². The van der Waals surface area contributed by atoms with Crippen LogP contribution in [0, 0.1) is 0 Å². The third-order valence-electron chi connectivity index (χ3n) is 3.30. The van der Waals surface area contributed by atoms with Gasteiger partial charge in [-0.15, -0.1) is 0 Å². The number of halogens is 2. The Labute approximate surface area is 143 Å². The molecular formula is C17H20Br2N2. The highest BCUT2D eigenvalue weighted by Crippen LogP contribution is 2.29. The standard InChI is InChI=1S/C17H20Br2N2/c1-12(10-13-4-6-14(18)7-5-13)20-16-11-15(19)8-9-17(16)21(2)3/h4-9,11-12,20H,10H2,1-3H3. The first kappa shape index (κ1) is 16.4. The van der Waals surface area contributed by atoms with Gasteiger partial charge in [0.05, 0.1) is 11.4 Å². The predicted molar refractivity (Wildman–Crippen MR) is 99.4 cm³/mol. The monoisotopic (exact) mass is 410 g/mol. The largest absolute Gasteiger partial charge is 0.381 e. The minimum Gasteiger partial charge on any atom is -0.381 e. The molecule has 0 bridgehead atoms. The van der Waals surface area contributed by atoms with Crippen LogP contribution < -0.4 is 10.2 Å². The molecular weight excluding hydrogens is 392 g/mol. The van der Waals surface area contributed by atoms with Gasteiger partial charge >= 0.3 is 0 Å². The number of hydrogen-bond donors (Lipinski definition) is 1. The van der Waals surface area contributed by atoms with Crippen molar-refractivity contribution in [2.45, 2.75) is 19.4 Å². The van der Waals surface area contributed by atoms with Crippen LogP contribution >= 0.6 is 31.9 Å². The molecule has 0 aliphatic rings. The molecule has 0 fully saturated rings. The van der Waals surface area contributed by atoms with Gasteiger partial charge in [-0.05, 0) is 49.2 Å². The maximum absolute atomic E-state index is 3.61. The molecule has 0 amide bonds. The van der Waals surface area contributed by atoms with Crippen LogP contribution in [0.4, 0.5) is 11.4 Å². The lowest BCUT2D eigenvalue weighted by molar-refractivity contribution is 0.789. The second-order valence-corrected chi connectivity index (χ2v) is 7.26. The molecule has 0 spiro atoms. The third kappa shape index (κ3) is 4.75. The molecule has 0 heterocycles. The van der Waals surface area contributed by atoms with E-state index in [1.54, 1.807) is 0 Å². The maximum Gasteiger partial charge on any atom is 0.0597 e. The van der Waals surface area contributed by atoms with Crippen LogP contribution in [0.15, 0.2) is 51.4 Å². The van der Waals surface area contributed by atoms with Crippen molar-refractivity contribution in [3.8, 4) is 0 Å². The molecule has 2 aromatic rings. The Bertz CT molecular complexity index is 594. The lowest BCUT2D eigenvalue weighted by Gasteiger charge is -2.22. The number of benzene rings is 2. The summed E-state index contributed by atoms with van der Waals surface area (Å²) in [5.74, 6) is 0. The summed E-state index contributed by atoms with van der Waals surface area (Å²) in [5, 5.41) is 3.61. The van der Waals surface area contributed by atoms with E-state index in [1.165, 1.54) is 11.3 Å². The van der Waals surface area contributed by atoms with Crippen LogP contribution in [0.1, 0.15) is 12.5 Å². The van der Waals surface area contributed by atoms with Crippen molar-refractivity contribution in [2.75, 3.05) is 24.3 Å². The van der Waals surface area contributed by atoms with Crippen molar-refractivity contribution >= 4 is 43.2 Å². The number of anilines is 2. The highest BCUT2D eigenvalue weighted by Gasteiger charge is 2.09. The van der Waals surface area contributed by atoms with Crippen LogP contribution in [0.5, 0.6) is 0 Å². The fourth-order valence-electron chi connectivity index (χ4n) is 2.30. The van der Waals surface area contributed by atoms with Gasteiger partial charge in [0.2, 0.25) is 0 Å². The highest BCUT2D eigenvalue weighted by molar-refractivity contribution is 9.10. The summed E-state index contributed by atoms with van der Waals surface area (Å²) in [6, 6.07) is 15.2. The van der Waals surface area contributed by atoms with E-state index in [0.29, 0.717) is 6.04 Å². The van der Waals surface area contributed by atoms with Crippen LogP contribution in [0.2, 0.25) is 0 Å². The van der Waals surface area contributed by atoms with Gasteiger partial charge in [0.1, 0.15) is 0 Å². The Morgan fingerprint density at radius 2 is 1.62 bits per heavy atom. The van der Waals surface area contributed by atoms with E-state index in [2.05, 4.69) is 106 Å². The molecule has 0 aliphatic carbocycles. The average molecular weight is 412 g/mol. The SMILES string of the molecule is CC(Cc1ccc(Br)cc1)Nc1cc(Br)ccc1N(C)C. The molecule has 2 aromatic carbocycles. The van der Waals surface area contributed by atoms with Gasteiger partial charge in [0.15, 0.2) is 0 Å². The first-order chi connectivity index (χ1) is 9.95. The lowest BCUT2D eigenvalue weighted by Crippen LogP contribution is -2.20. The van der Waals surface area contributed by atoms with Crippen molar-refractivity contribution in [2.24, 2.45) is 0 Å². The van der Waals surface area contributed by atoms with Crippen molar-refractivity contribution in [1.29, 1.82) is 0 Å². The van der Waals surface area contributed by atoms with Gasteiger partial charge in [-0.1, -0.05) is 44.0 Å². The first-order valence-corrected chi connectivity index (χ1v) is 8.52. The lowest BCUT2D eigenvalue weighted by atomic mass is 10.1. The Morgan fingerprint density at radius 1 is 1.00 bits per heavy atom. The topological polar surface area (TPSA) is 15.3 Å². The molecule has 0 saturated carbocycles. The van der Waals surface area contributed by atoms with Crippen LogP contribution in [0.3, 0.4) is 0 Å². The zero-order valence-electron chi connectivity index (χ0n) is 12.5. The molecule has 0 saturated heterocycles. The van der Waals surface area contributed by atoms with Crippen LogP contribution in [0.25, 0.3) is 0 Å². The molecule has 2 rings (SSSR count). The molecule has 1 unspecified atom stereocenters. The fraction of sp³-hybridized carbons (Fsp3) is 0.294. The van der Waals surface area contributed by atoms with E-state index >= 15 is 0 Å². The Balaban J connectivity index is 2.10. The second-order valence-electron chi connectivity index (χ2n) is 5.43. The average Bonchev–Trinajstić information content (AvgIpc) is 2.41. The van der Waals surface area contributed by atoms with Crippen LogP contribution in [-0.4, -0.2) is 20.1 Å². The van der Waals surface area contributed by atoms with Crippen molar-refractivity contribution in [3.05, 3.63) is 57.0 Å². The summed E-state index contributed by atoms with van der Waals surface area (Å²) in [6.45, 7) is 2.21. The summed E-state index contributed by atoms with van der Waals surface area (Å²) in [5.41, 5.74) is 3.68. The summed E-state index contributed by atoms with van der Waals surface area (Å²) in [7, 11) is 4.13. The molecule has 1 atom stereocenters. The molecule has 21 heavy (non-hydrogen) atoms. The number of nitrogens with zero attached hydrogens (tertiary/aromatic N) is 1. The maximum atomic E-state index is 3.61. The van der Waals surface area contributed by atoms with Crippen molar-refractivity contribution in [1.82, 2.24) is 0 Å². The highest BCUT2D eigenvalue weighted by atomic mass is 79.9. The molecule has 0 aliphatic heterocycles. The number of hydrogen-bond acceptors (Lipinski definition) is 2. The van der Waals surface area contributed by atoms with E-state index in [4.69, 9.17) is 0 Å². The van der Waals surface area contributed by atoms with Crippen molar-refractivity contribution in [3.63, 3.8) is 0 Å². The zero-order chi connectivity index (χ0) is 15.4. The van der Waals surface area contributed by atoms with E-state index in [9.17, 15) is 0 Å². The fourth-order valence-corrected chi connectivity index (χ4v) is 2.93. The third-order valence-corrected chi connectivity index (χ3v) is 4.32. The normalized spacial score (nSPS) is 12.0. The minimum absolute atomic E-state index is 0.360. The molecule has 112 valence electrons. The van der Waals surface area contributed by atoms with E-state index in [1.807, 2.05) is 0 Å². The summed E-state index contributed by atoms with van der Waals surface area (Å²) < 4.78 is 2.21. The van der Waals surface area contributed by atoms with Crippen molar-refractivity contribution < 1.29 is 0 Å². The molecule has 0 radical (unpaired) electrons. The Hall–Kier alpha value is -1.00. The summed E-state index contributed by atoms with van der Waals surface area (Å²) in [4.78, 5) is 2.13. The molecule has 0 aromatic heterocycles. The Kier molecular flexibility index (Phi) is 5.71.